The zero-order valence-electron chi connectivity index (χ0n) is 17.4. The summed E-state index contributed by atoms with van der Waals surface area (Å²) in [5.74, 6) is 0.600. The molecule has 4 nitrogen and oxygen atoms in total. The summed E-state index contributed by atoms with van der Waals surface area (Å²) in [6, 6.07) is 22.9. The summed E-state index contributed by atoms with van der Waals surface area (Å²) in [5.41, 5.74) is 4.51. The van der Waals surface area contributed by atoms with Crippen LogP contribution in [0.4, 0.5) is 11.4 Å². The van der Waals surface area contributed by atoms with E-state index in [4.69, 9.17) is 0 Å². The van der Waals surface area contributed by atoms with Crippen LogP contribution in [0.2, 0.25) is 0 Å². The smallest absolute Gasteiger partial charge is 0.255 e. The summed E-state index contributed by atoms with van der Waals surface area (Å²) in [7, 11) is 0. The fourth-order valence-corrected chi connectivity index (χ4v) is 3.54. The van der Waals surface area contributed by atoms with Crippen molar-refractivity contribution < 1.29 is 9.59 Å². The van der Waals surface area contributed by atoms with Gasteiger partial charge in [0, 0.05) is 21.8 Å². The molecule has 0 aliphatic carbocycles. The molecule has 2 N–H and O–H groups in total. The van der Waals surface area contributed by atoms with Gasteiger partial charge in [0.1, 0.15) is 0 Å². The first-order valence-corrected chi connectivity index (χ1v) is 10.9. The Hall–Kier alpha value is -3.05. The summed E-state index contributed by atoms with van der Waals surface area (Å²) in [6.45, 7) is 6.27. The lowest BCUT2D eigenvalue weighted by Gasteiger charge is -2.09. The van der Waals surface area contributed by atoms with E-state index in [-0.39, 0.29) is 11.8 Å². The van der Waals surface area contributed by atoms with Gasteiger partial charge in [0.15, 0.2) is 0 Å². The lowest BCUT2D eigenvalue weighted by Crippen LogP contribution is -2.14. The van der Waals surface area contributed by atoms with Gasteiger partial charge >= 0.3 is 0 Å². The van der Waals surface area contributed by atoms with Gasteiger partial charge in [-0.05, 0) is 66.9 Å². The molecule has 0 aliphatic heterocycles. The molecule has 30 heavy (non-hydrogen) atoms. The third-order valence-electron chi connectivity index (χ3n) is 4.66. The molecule has 0 saturated heterocycles. The molecule has 0 aromatic heterocycles. The van der Waals surface area contributed by atoms with Crippen molar-refractivity contribution in [2.45, 2.75) is 31.6 Å². The quantitative estimate of drug-likeness (QED) is 0.456. The fourth-order valence-electron chi connectivity index (χ4n) is 2.84. The zero-order chi connectivity index (χ0) is 21.5. The van der Waals surface area contributed by atoms with Gasteiger partial charge in [-0.15, -0.1) is 11.8 Å². The first kappa shape index (κ1) is 21.7. The van der Waals surface area contributed by atoms with E-state index in [2.05, 4.69) is 24.5 Å². The number of aryl methyl sites for hydroxylation is 1. The molecule has 0 fully saturated rings. The number of carbonyl (C=O) groups excluding carboxylic acids is 2. The molecule has 0 radical (unpaired) electrons. The Labute approximate surface area is 182 Å². The molecule has 0 saturated carbocycles. The minimum absolute atomic E-state index is 0.0472. The first-order chi connectivity index (χ1) is 14.4. The number of thioether (sulfide) groups is 1. The molecule has 0 bridgehead atoms. The van der Waals surface area contributed by atoms with Crippen molar-refractivity contribution in [1.82, 2.24) is 0 Å². The zero-order valence-corrected chi connectivity index (χ0v) is 18.3. The monoisotopic (exact) mass is 418 g/mol. The highest BCUT2D eigenvalue weighted by Gasteiger charge is 2.07. The molecule has 0 atom stereocenters. The lowest BCUT2D eigenvalue weighted by molar-refractivity contribution is -0.113. The van der Waals surface area contributed by atoms with Gasteiger partial charge in [-0.25, -0.2) is 0 Å². The van der Waals surface area contributed by atoms with Crippen LogP contribution >= 0.6 is 11.8 Å². The van der Waals surface area contributed by atoms with Gasteiger partial charge in [0.05, 0.1) is 5.75 Å². The van der Waals surface area contributed by atoms with Crippen LogP contribution in [0.15, 0.2) is 77.7 Å². The van der Waals surface area contributed by atoms with Crippen LogP contribution in [-0.4, -0.2) is 17.6 Å². The number of carbonyl (C=O) groups is 2. The number of amides is 2. The van der Waals surface area contributed by atoms with Crippen molar-refractivity contribution in [1.29, 1.82) is 0 Å². The van der Waals surface area contributed by atoms with Crippen LogP contribution in [0.5, 0.6) is 0 Å². The fraction of sp³-hybridized carbons (Fsp3) is 0.200. The van der Waals surface area contributed by atoms with Gasteiger partial charge in [0.25, 0.3) is 5.91 Å². The van der Waals surface area contributed by atoms with Crippen LogP contribution < -0.4 is 10.6 Å². The van der Waals surface area contributed by atoms with E-state index < -0.39 is 0 Å². The highest BCUT2D eigenvalue weighted by molar-refractivity contribution is 8.00. The highest BCUT2D eigenvalue weighted by atomic mass is 32.2. The van der Waals surface area contributed by atoms with E-state index in [9.17, 15) is 9.59 Å². The van der Waals surface area contributed by atoms with Crippen molar-refractivity contribution >= 4 is 35.0 Å². The Morgan fingerprint density at radius 1 is 0.800 bits per heavy atom. The SMILES string of the molecule is Cc1ccc(C(=O)Nc2ccc(SCC(=O)Nc3ccc(C(C)C)cc3)cc2)cc1. The molecular formula is C25H26N2O2S. The lowest BCUT2D eigenvalue weighted by atomic mass is 10.0. The van der Waals surface area contributed by atoms with Crippen molar-refractivity contribution in [3.63, 3.8) is 0 Å². The summed E-state index contributed by atoms with van der Waals surface area (Å²) < 4.78 is 0. The molecule has 3 aromatic carbocycles. The van der Waals surface area contributed by atoms with Crippen LogP contribution in [0.1, 0.15) is 41.3 Å². The second kappa shape index (κ2) is 10.1. The molecule has 0 aliphatic rings. The number of rotatable bonds is 7. The third kappa shape index (κ3) is 6.22. The summed E-state index contributed by atoms with van der Waals surface area (Å²) in [6.07, 6.45) is 0. The Kier molecular flexibility index (Phi) is 7.31. The van der Waals surface area contributed by atoms with E-state index in [0.29, 0.717) is 17.2 Å². The predicted molar refractivity (Wildman–Crippen MR) is 125 cm³/mol. The molecular weight excluding hydrogens is 392 g/mol. The molecule has 154 valence electrons. The molecule has 5 heteroatoms. The average Bonchev–Trinajstić information content (AvgIpc) is 2.74. The first-order valence-electron chi connectivity index (χ1n) is 9.91. The Balaban J connectivity index is 1.48. The van der Waals surface area contributed by atoms with Crippen LogP contribution in [0.3, 0.4) is 0 Å². The largest absolute Gasteiger partial charge is 0.325 e. The van der Waals surface area contributed by atoms with Gasteiger partial charge in [-0.2, -0.15) is 0 Å². The van der Waals surface area contributed by atoms with E-state index in [0.717, 1.165) is 21.8 Å². The molecule has 0 spiro atoms. The minimum Gasteiger partial charge on any atom is -0.325 e. The second-order valence-electron chi connectivity index (χ2n) is 7.46. The minimum atomic E-state index is -0.140. The molecule has 0 heterocycles. The standard InChI is InChI=1S/C25H26N2O2S/c1-17(2)19-8-10-21(11-9-19)26-24(28)16-30-23-14-12-22(13-15-23)27-25(29)20-6-4-18(3)5-7-20/h4-15,17H,16H2,1-3H3,(H,26,28)(H,27,29). The van der Waals surface area contributed by atoms with Crippen molar-refractivity contribution in [2.75, 3.05) is 16.4 Å². The molecule has 3 aromatic rings. The number of anilines is 2. The Bertz CT molecular complexity index is 995. The second-order valence-corrected chi connectivity index (χ2v) is 8.51. The topological polar surface area (TPSA) is 58.2 Å². The normalized spacial score (nSPS) is 10.7. The van der Waals surface area contributed by atoms with Crippen LogP contribution in [-0.2, 0) is 4.79 Å². The summed E-state index contributed by atoms with van der Waals surface area (Å²) >= 11 is 1.46. The van der Waals surface area contributed by atoms with Gasteiger partial charge in [-0.1, -0.05) is 43.7 Å². The van der Waals surface area contributed by atoms with E-state index in [1.807, 2.05) is 79.7 Å². The molecule has 3 rings (SSSR count). The van der Waals surface area contributed by atoms with Gasteiger partial charge in [0.2, 0.25) is 5.91 Å². The Morgan fingerprint density at radius 2 is 1.37 bits per heavy atom. The molecule has 0 unspecified atom stereocenters. The molecule has 2 amide bonds. The maximum absolute atomic E-state index is 12.3. The number of benzene rings is 3. The Morgan fingerprint density at radius 3 is 1.97 bits per heavy atom. The van der Waals surface area contributed by atoms with Crippen LogP contribution in [0, 0.1) is 6.92 Å². The summed E-state index contributed by atoms with van der Waals surface area (Å²) in [4.78, 5) is 25.5. The van der Waals surface area contributed by atoms with E-state index >= 15 is 0 Å². The van der Waals surface area contributed by atoms with E-state index in [1.165, 1.54) is 17.3 Å². The van der Waals surface area contributed by atoms with E-state index in [1.54, 1.807) is 0 Å². The number of hydrogen-bond acceptors (Lipinski definition) is 3. The number of hydrogen-bond donors (Lipinski definition) is 2. The van der Waals surface area contributed by atoms with Crippen molar-refractivity contribution in [2.24, 2.45) is 0 Å². The third-order valence-corrected chi connectivity index (χ3v) is 5.67. The van der Waals surface area contributed by atoms with Gasteiger partial charge < -0.3 is 10.6 Å². The summed E-state index contributed by atoms with van der Waals surface area (Å²) in [5, 5.41) is 5.81. The number of nitrogens with one attached hydrogen (secondary N) is 2. The van der Waals surface area contributed by atoms with Crippen molar-refractivity contribution in [3.8, 4) is 0 Å². The maximum Gasteiger partial charge on any atom is 0.255 e. The maximum atomic E-state index is 12.3. The van der Waals surface area contributed by atoms with Gasteiger partial charge in [-0.3, -0.25) is 9.59 Å². The highest BCUT2D eigenvalue weighted by Crippen LogP contribution is 2.22. The van der Waals surface area contributed by atoms with Crippen LogP contribution in [0.25, 0.3) is 0 Å². The average molecular weight is 419 g/mol. The predicted octanol–water partition coefficient (Wildman–Crippen LogP) is 6.10. The van der Waals surface area contributed by atoms with Crippen molar-refractivity contribution in [3.05, 3.63) is 89.5 Å².